The SMILES string of the molecule is CC.CC.Cc1cc(Cl)nc(Cl)n1. The summed E-state index contributed by atoms with van der Waals surface area (Å²) in [5.74, 6) is 0. The molecule has 0 amide bonds. The quantitative estimate of drug-likeness (QED) is 0.487. The minimum absolute atomic E-state index is 0.194. The second kappa shape index (κ2) is 9.75. The van der Waals surface area contributed by atoms with Crippen molar-refractivity contribution in [1.29, 1.82) is 0 Å². The van der Waals surface area contributed by atoms with Gasteiger partial charge >= 0.3 is 0 Å². The van der Waals surface area contributed by atoms with E-state index in [1.807, 2.05) is 27.7 Å². The van der Waals surface area contributed by atoms with Crippen LogP contribution in [0.15, 0.2) is 6.07 Å². The van der Waals surface area contributed by atoms with Crippen molar-refractivity contribution < 1.29 is 0 Å². The highest BCUT2D eigenvalue weighted by Gasteiger charge is 1.94. The van der Waals surface area contributed by atoms with Crippen LogP contribution in [-0.2, 0) is 0 Å². The van der Waals surface area contributed by atoms with Gasteiger partial charge in [0.05, 0.1) is 0 Å². The van der Waals surface area contributed by atoms with Crippen LogP contribution in [0, 0.1) is 6.92 Å². The van der Waals surface area contributed by atoms with Crippen LogP contribution in [0.2, 0.25) is 10.4 Å². The van der Waals surface area contributed by atoms with Gasteiger partial charge in [-0.05, 0) is 24.6 Å². The number of rotatable bonds is 0. The lowest BCUT2D eigenvalue weighted by Gasteiger charge is -1.91. The number of aryl methyl sites for hydroxylation is 1. The first-order valence-corrected chi connectivity index (χ1v) is 5.11. The first-order valence-electron chi connectivity index (χ1n) is 4.35. The molecule has 0 bridgehead atoms. The van der Waals surface area contributed by atoms with Crippen LogP contribution >= 0.6 is 23.2 Å². The Morgan fingerprint density at radius 1 is 1.00 bits per heavy atom. The van der Waals surface area contributed by atoms with Gasteiger partial charge in [-0.3, -0.25) is 0 Å². The van der Waals surface area contributed by atoms with Gasteiger partial charge in [-0.1, -0.05) is 39.3 Å². The predicted octanol–water partition coefficient (Wildman–Crippen LogP) is 4.14. The van der Waals surface area contributed by atoms with E-state index in [2.05, 4.69) is 9.97 Å². The molecule has 2 nitrogen and oxygen atoms in total. The molecular formula is C9H16Cl2N2. The fraction of sp³-hybridized carbons (Fsp3) is 0.556. The Hall–Kier alpha value is -0.340. The maximum absolute atomic E-state index is 5.51. The molecule has 0 atom stereocenters. The summed E-state index contributed by atoms with van der Waals surface area (Å²) in [5, 5.41) is 0.576. The molecule has 1 rings (SSSR count). The van der Waals surface area contributed by atoms with Crippen molar-refractivity contribution in [3.8, 4) is 0 Å². The smallest absolute Gasteiger partial charge is 0.223 e. The second-order valence-corrected chi connectivity index (χ2v) is 2.33. The van der Waals surface area contributed by atoms with Gasteiger partial charge in [0.15, 0.2) is 0 Å². The molecule has 1 aromatic heterocycles. The lowest BCUT2D eigenvalue weighted by Crippen LogP contribution is -1.85. The number of hydrogen-bond acceptors (Lipinski definition) is 2. The van der Waals surface area contributed by atoms with Gasteiger partial charge in [-0.25, -0.2) is 9.97 Å². The highest BCUT2D eigenvalue weighted by molar-refractivity contribution is 6.31. The van der Waals surface area contributed by atoms with Crippen LogP contribution in [0.3, 0.4) is 0 Å². The summed E-state index contributed by atoms with van der Waals surface area (Å²) in [4.78, 5) is 7.46. The van der Waals surface area contributed by atoms with E-state index in [-0.39, 0.29) is 5.28 Å². The fourth-order valence-electron chi connectivity index (χ4n) is 0.496. The first-order chi connectivity index (χ1) is 6.18. The Kier molecular flexibility index (Phi) is 11.4. The Balaban J connectivity index is 0. The van der Waals surface area contributed by atoms with Crippen LogP contribution in [0.25, 0.3) is 0 Å². The lowest BCUT2D eigenvalue weighted by atomic mass is 10.5. The third kappa shape index (κ3) is 8.00. The molecule has 1 heterocycles. The highest BCUT2D eigenvalue weighted by atomic mass is 35.5. The lowest BCUT2D eigenvalue weighted by molar-refractivity contribution is 1.10. The molecule has 0 aromatic carbocycles. The summed E-state index contributed by atoms with van der Waals surface area (Å²) in [7, 11) is 0. The van der Waals surface area contributed by atoms with Crippen molar-refractivity contribution in [2.45, 2.75) is 34.6 Å². The van der Waals surface area contributed by atoms with Crippen LogP contribution in [0.4, 0.5) is 0 Å². The van der Waals surface area contributed by atoms with E-state index < -0.39 is 0 Å². The Labute approximate surface area is 90.3 Å². The summed E-state index contributed by atoms with van der Waals surface area (Å²) < 4.78 is 0. The molecule has 13 heavy (non-hydrogen) atoms. The Morgan fingerprint density at radius 2 is 1.46 bits per heavy atom. The predicted molar refractivity (Wildman–Crippen MR) is 59.5 cm³/mol. The topological polar surface area (TPSA) is 25.8 Å². The third-order valence-corrected chi connectivity index (χ3v) is 1.16. The summed E-state index contributed by atoms with van der Waals surface area (Å²) in [6.07, 6.45) is 0. The van der Waals surface area contributed by atoms with E-state index in [4.69, 9.17) is 23.2 Å². The van der Waals surface area contributed by atoms with Gasteiger partial charge in [0, 0.05) is 5.69 Å². The molecule has 0 saturated carbocycles. The van der Waals surface area contributed by atoms with E-state index in [1.165, 1.54) is 0 Å². The molecule has 1 aromatic rings. The summed E-state index contributed by atoms with van der Waals surface area (Å²) in [6, 6.07) is 1.65. The number of hydrogen-bond donors (Lipinski definition) is 0. The van der Waals surface area contributed by atoms with Gasteiger partial charge in [-0.15, -0.1) is 0 Å². The van der Waals surface area contributed by atoms with Crippen LogP contribution in [-0.4, -0.2) is 9.97 Å². The molecule has 0 N–H and O–H groups in total. The number of nitrogens with zero attached hydrogens (tertiary/aromatic N) is 2. The fourth-order valence-corrected chi connectivity index (χ4v) is 1.00. The number of halogens is 2. The minimum Gasteiger partial charge on any atom is -0.223 e. The Morgan fingerprint density at radius 3 is 1.77 bits per heavy atom. The van der Waals surface area contributed by atoms with Crippen LogP contribution < -0.4 is 0 Å². The standard InChI is InChI=1S/C5H4Cl2N2.2C2H6/c1-3-2-4(6)9-5(7)8-3;2*1-2/h2H,1H3;2*1-2H3. The molecule has 0 aliphatic rings. The third-order valence-electron chi connectivity index (χ3n) is 0.796. The van der Waals surface area contributed by atoms with Gasteiger partial charge in [0.2, 0.25) is 5.28 Å². The average molecular weight is 223 g/mol. The van der Waals surface area contributed by atoms with E-state index in [0.717, 1.165) is 5.69 Å². The molecule has 0 spiro atoms. The molecule has 0 fully saturated rings. The zero-order chi connectivity index (χ0) is 10.9. The van der Waals surface area contributed by atoms with Crippen molar-refractivity contribution in [2.75, 3.05) is 0 Å². The van der Waals surface area contributed by atoms with Crippen molar-refractivity contribution in [3.05, 3.63) is 22.2 Å². The average Bonchev–Trinajstić information content (AvgIpc) is 2.09. The molecule has 0 saturated heterocycles. The highest BCUT2D eigenvalue weighted by Crippen LogP contribution is 2.08. The van der Waals surface area contributed by atoms with Crippen molar-refractivity contribution in [3.63, 3.8) is 0 Å². The van der Waals surface area contributed by atoms with E-state index >= 15 is 0 Å². The maximum Gasteiger partial charge on any atom is 0.223 e. The van der Waals surface area contributed by atoms with Crippen molar-refractivity contribution >= 4 is 23.2 Å². The van der Waals surface area contributed by atoms with Gasteiger partial charge in [0.1, 0.15) is 5.15 Å². The zero-order valence-electron chi connectivity index (χ0n) is 8.73. The molecule has 76 valence electrons. The largest absolute Gasteiger partial charge is 0.223 e. The van der Waals surface area contributed by atoms with Gasteiger partial charge < -0.3 is 0 Å². The first kappa shape index (κ1) is 15.1. The molecule has 0 aliphatic carbocycles. The van der Waals surface area contributed by atoms with Crippen LogP contribution in [0.1, 0.15) is 33.4 Å². The van der Waals surface area contributed by atoms with E-state index in [9.17, 15) is 0 Å². The van der Waals surface area contributed by atoms with Gasteiger partial charge in [-0.2, -0.15) is 0 Å². The van der Waals surface area contributed by atoms with Crippen molar-refractivity contribution in [1.82, 2.24) is 9.97 Å². The summed E-state index contributed by atoms with van der Waals surface area (Å²) in [6.45, 7) is 9.80. The number of aromatic nitrogens is 2. The van der Waals surface area contributed by atoms with Gasteiger partial charge in [0.25, 0.3) is 0 Å². The van der Waals surface area contributed by atoms with E-state index in [1.54, 1.807) is 13.0 Å². The Bertz CT molecular complexity index is 176. The summed E-state index contributed by atoms with van der Waals surface area (Å²) in [5.41, 5.74) is 0.778. The van der Waals surface area contributed by atoms with Crippen molar-refractivity contribution in [2.24, 2.45) is 0 Å². The minimum atomic E-state index is 0.194. The van der Waals surface area contributed by atoms with E-state index in [0.29, 0.717) is 5.15 Å². The molecule has 0 radical (unpaired) electrons. The maximum atomic E-state index is 5.51. The molecule has 4 heteroatoms. The van der Waals surface area contributed by atoms with Crippen LogP contribution in [0.5, 0.6) is 0 Å². The molecule has 0 unspecified atom stereocenters. The molecular weight excluding hydrogens is 207 g/mol. The normalized spacial score (nSPS) is 7.62. The monoisotopic (exact) mass is 222 g/mol. The second-order valence-electron chi connectivity index (χ2n) is 1.60. The summed E-state index contributed by atoms with van der Waals surface area (Å²) >= 11 is 11.0. The molecule has 0 aliphatic heterocycles. The zero-order valence-corrected chi connectivity index (χ0v) is 10.2.